The first kappa shape index (κ1) is 14.7. The van der Waals surface area contributed by atoms with Crippen molar-refractivity contribution in [1.82, 2.24) is 4.31 Å². The Balaban J connectivity index is 1.91. The SMILES string of the molecule is O=C(O)c1ccc(S(=O)(=O)N(Cc2ccsc2)C2CC2)s1. The Bertz CT molecular complexity index is 744. The minimum absolute atomic E-state index is 0.0327. The lowest BCUT2D eigenvalue weighted by Crippen LogP contribution is -2.32. The average molecular weight is 343 g/mol. The summed E-state index contributed by atoms with van der Waals surface area (Å²) >= 11 is 2.34. The second-order valence-corrected chi connectivity index (χ2v) is 8.82. The van der Waals surface area contributed by atoms with Gasteiger partial charge in [0.05, 0.1) is 0 Å². The quantitative estimate of drug-likeness (QED) is 0.875. The first-order valence-corrected chi connectivity index (χ1v) is 9.54. The summed E-state index contributed by atoms with van der Waals surface area (Å²) in [5.74, 6) is -1.10. The van der Waals surface area contributed by atoms with E-state index in [4.69, 9.17) is 5.11 Å². The number of sulfonamides is 1. The van der Waals surface area contributed by atoms with Crippen LogP contribution < -0.4 is 0 Å². The zero-order valence-corrected chi connectivity index (χ0v) is 13.4. The summed E-state index contributed by atoms with van der Waals surface area (Å²) in [6.07, 6.45) is 1.72. The van der Waals surface area contributed by atoms with E-state index in [0.29, 0.717) is 6.54 Å². The van der Waals surface area contributed by atoms with Gasteiger partial charge in [0.1, 0.15) is 9.09 Å². The summed E-state index contributed by atoms with van der Waals surface area (Å²) in [6.45, 7) is 0.344. The van der Waals surface area contributed by atoms with Crippen LogP contribution in [0.1, 0.15) is 28.1 Å². The molecule has 3 rings (SSSR count). The minimum atomic E-state index is -3.63. The molecule has 1 N–H and O–H groups in total. The van der Waals surface area contributed by atoms with Crippen molar-refractivity contribution < 1.29 is 18.3 Å². The van der Waals surface area contributed by atoms with Gasteiger partial charge < -0.3 is 5.11 Å². The van der Waals surface area contributed by atoms with Gasteiger partial charge in [-0.05, 0) is 47.4 Å². The molecule has 0 atom stereocenters. The zero-order valence-electron chi connectivity index (χ0n) is 10.9. The summed E-state index contributed by atoms with van der Waals surface area (Å²) in [7, 11) is -3.63. The monoisotopic (exact) mass is 343 g/mol. The van der Waals surface area contributed by atoms with E-state index in [1.54, 1.807) is 0 Å². The van der Waals surface area contributed by atoms with Gasteiger partial charge in [0.15, 0.2) is 0 Å². The van der Waals surface area contributed by atoms with E-state index in [1.165, 1.54) is 27.8 Å². The number of aromatic carboxylic acids is 1. The van der Waals surface area contributed by atoms with Crippen molar-refractivity contribution >= 4 is 38.7 Å². The highest BCUT2D eigenvalue weighted by Gasteiger charge is 2.39. The van der Waals surface area contributed by atoms with Crippen LogP contribution in [0.25, 0.3) is 0 Å². The number of nitrogens with zero attached hydrogens (tertiary/aromatic N) is 1. The molecule has 0 aromatic carbocycles. The van der Waals surface area contributed by atoms with Crippen LogP contribution in [-0.2, 0) is 16.6 Å². The van der Waals surface area contributed by atoms with Crippen LogP contribution in [-0.4, -0.2) is 29.8 Å². The fourth-order valence-corrected chi connectivity index (χ4v) is 5.63. The van der Waals surface area contributed by atoms with Crippen molar-refractivity contribution in [3.63, 3.8) is 0 Å². The third-order valence-electron chi connectivity index (χ3n) is 3.23. The Morgan fingerprint density at radius 2 is 2.10 bits per heavy atom. The van der Waals surface area contributed by atoms with Gasteiger partial charge in [-0.1, -0.05) is 0 Å². The first-order valence-electron chi connectivity index (χ1n) is 6.34. The molecule has 0 radical (unpaired) electrons. The van der Waals surface area contributed by atoms with Gasteiger partial charge in [-0.2, -0.15) is 15.6 Å². The number of hydrogen-bond donors (Lipinski definition) is 1. The van der Waals surface area contributed by atoms with Crippen molar-refractivity contribution in [2.75, 3.05) is 0 Å². The summed E-state index contributed by atoms with van der Waals surface area (Å²) in [6, 6.07) is 4.67. The lowest BCUT2D eigenvalue weighted by Gasteiger charge is -2.20. The molecule has 1 aliphatic carbocycles. The topological polar surface area (TPSA) is 74.7 Å². The Morgan fingerprint density at radius 3 is 2.62 bits per heavy atom. The standard InChI is InChI=1S/C13H13NO4S3/c15-13(16)11-3-4-12(20-11)21(17,18)14(10-1-2-10)7-9-5-6-19-8-9/h3-6,8,10H,1-2,7H2,(H,15,16). The van der Waals surface area contributed by atoms with Gasteiger partial charge in [-0.3, -0.25) is 0 Å². The lowest BCUT2D eigenvalue weighted by atomic mass is 10.3. The Kier molecular flexibility index (Phi) is 3.87. The molecular formula is C13H13NO4S3. The highest BCUT2D eigenvalue weighted by atomic mass is 32.2. The van der Waals surface area contributed by atoms with Crippen molar-refractivity contribution in [3.05, 3.63) is 39.4 Å². The van der Waals surface area contributed by atoms with E-state index in [0.717, 1.165) is 29.7 Å². The highest BCUT2D eigenvalue weighted by molar-refractivity contribution is 7.91. The number of thiophene rings is 2. The second kappa shape index (κ2) is 5.53. The summed E-state index contributed by atoms with van der Waals surface area (Å²) in [5.41, 5.74) is 0.963. The van der Waals surface area contributed by atoms with Crippen LogP contribution in [0.2, 0.25) is 0 Å². The van der Waals surface area contributed by atoms with Crippen LogP contribution >= 0.6 is 22.7 Å². The van der Waals surface area contributed by atoms with Gasteiger partial charge in [0, 0.05) is 12.6 Å². The molecule has 0 saturated heterocycles. The molecule has 0 spiro atoms. The van der Waals surface area contributed by atoms with Gasteiger partial charge in [-0.15, -0.1) is 11.3 Å². The van der Waals surface area contributed by atoms with Crippen molar-refractivity contribution in [2.24, 2.45) is 0 Å². The molecule has 1 saturated carbocycles. The van der Waals surface area contributed by atoms with E-state index in [9.17, 15) is 13.2 Å². The summed E-state index contributed by atoms with van der Waals surface area (Å²) in [5, 5.41) is 12.8. The smallest absolute Gasteiger partial charge is 0.345 e. The maximum atomic E-state index is 12.7. The van der Waals surface area contributed by atoms with Crippen LogP contribution in [0.4, 0.5) is 0 Å². The molecule has 112 valence electrons. The van der Waals surface area contributed by atoms with Crippen LogP contribution in [0, 0.1) is 0 Å². The molecular weight excluding hydrogens is 330 g/mol. The first-order chi connectivity index (χ1) is 9.98. The largest absolute Gasteiger partial charge is 0.477 e. The van der Waals surface area contributed by atoms with Crippen LogP contribution in [0.15, 0.2) is 33.2 Å². The minimum Gasteiger partial charge on any atom is -0.477 e. The molecule has 21 heavy (non-hydrogen) atoms. The van der Waals surface area contributed by atoms with E-state index in [1.807, 2.05) is 16.8 Å². The predicted octanol–water partition coefficient (Wildman–Crippen LogP) is 2.86. The fourth-order valence-electron chi connectivity index (χ4n) is 2.02. The summed E-state index contributed by atoms with van der Waals surface area (Å²) < 4.78 is 27.0. The molecule has 2 aromatic heterocycles. The Morgan fingerprint density at radius 1 is 1.33 bits per heavy atom. The number of carboxylic acids is 1. The molecule has 0 unspecified atom stereocenters. The number of carbonyl (C=O) groups is 1. The maximum Gasteiger partial charge on any atom is 0.345 e. The molecule has 0 bridgehead atoms. The van der Waals surface area contributed by atoms with E-state index < -0.39 is 16.0 Å². The fraction of sp³-hybridized carbons (Fsp3) is 0.308. The summed E-state index contributed by atoms with van der Waals surface area (Å²) in [4.78, 5) is 11.0. The van der Waals surface area contributed by atoms with Crippen molar-refractivity contribution in [1.29, 1.82) is 0 Å². The van der Waals surface area contributed by atoms with E-state index >= 15 is 0 Å². The van der Waals surface area contributed by atoms with Crippen molar-refractivity contribution in [2.45, 2.75) is 29.6 Å². The van der Waals surface area contributed by atoms with E-state index in [-0.39, 0.29) is 15.1 Å². The number of rotatable bonds is 6. The molecule has 1 aliphatic rings. The van der Waals surface area contributed by atoms with E-state index in [2.05, 4.69) is 0 Å². The Labute approximate surface area is 130 Å². The van der Waals surface area contributed by atoms with Crippen LogP contribution in [0.3, 0.4) is 0 Å². The zero-order chi connectivity index (χ0) is 15.0. The Hall–Kier alpha value is -1.22. The van der Waals surface area contributed by atoms with Gasteiger partial charge in [-0.25, -0.2) is 13.2 Å². The molecule has 1 fully saturated rings. The van der Waals surface area contributed by atoms with Gasteiger partial charge in [0.25, 0.3) is 10.0 Å². The molecule has 2 aromatic rings. The molecule has 8 heteroatoms. The predicted molar refractivity (Wildman–Crippen MR) is 81.3 cm³/mol. The van der Waals surface area contributed by atoms with Crippen molar-refractivity contribution in [3.8, 4) is 0 Å². The highest BCUT2D eigenvalue weighted by Crippen LogP contribution is 2.35. The normalized spacial score (nSPS) is 15.5. The van der Waals surface area contributed by atoms with Gasteiger partial charge >= 0.3 is 5.97 Å². The third-order valence-corrected chi connectivity index (χ3v) is 7.40. The third kappa shape index (κ3) is 3.03. The lowest BCUT2D eigenvalue weighted by molar-refractivity contribution is 0.0702. The number of hydrogen-bond acceptors (Lipinski definition) is 5. The molecule has 0 aliphatic heterocycles. The van der Waals surface area contributed by atoms with Crippen LogP contribution in [0.5, 0.6) is 0 Å². The maximum absolute atomic E-state index is 12.7. The van der Waals surface area contributed by atoms with Gasteiger partial charge in [0.2, 0.25) is 0 Å². The molecule has 5 nitrogen and oxygen atoms in total. The molecule has 0 amide bonds. The number of carboxylic acid groups (broad SMARTS) is 1. The molecule has 2 heterocycles. The second-order valence-electron chi connectivity index (χ2n) is 4.84. The average Bonchev–Trinajstić information content (AvgIpc) is 2.95.